The van der Waals surface area contributed by atoms with Crippen molar-refractivity contribution in [2.45, 2.75) is 6.42 Å². The number of hydrogen-bond acceptors (Lipinski definition) is 4. The number of nitro groups is 1. The van der Waals surface area contributed by atoms with Gasteiger partial charge in [-0.1, -0.05) is 11.8 Å². The average molecular weight is 216 g/mol. The summed E-state index contributed by atoms with van der Waals surface area (Å²) in [6, 6.07) is 5.76. The second-order valence-corrected chi connectivity index (χ2v) is 2.87. The maximum Gasteiger partial charge on any atom is 0.270 e. The topological polar surface area (TPSA) is 87.2 Å². The highest BCUT2D eigenvalue weighted by molar-refractivity contribution is 5.53. The molecule has 0 fully saturated rings. The minimum absolute atomic E-state index is 0.0537. The lowest BCUT2D eigenvalue weighted by atomic mass is 10.1. The van der Waals surface area contributed by atoms with E-state index in [4.69, 9.17) is 10.4 Å². The molecule has 0 saturated heterocycles. The fourth-order valence-corrected chi connectivity index (χ4v) is 1.06. The van der Waals surface area contributed by atoms with Gasteiger partial charge in [0, 0.05) is 24.1 Å². The smallest absolute Gasteiger partial charge is 0.270 e. The van der Waals surface area contributed by atoms with Gasteiger partial charge in [-0.15, -0.1) is 0 Å². The monoisotopic (exact) mass is 216 g/mol. The van der Waals surface area contributed by atoms with Crippen LogP contribution in [0.15, 0.2) is 18.2 Å². The summed E-state index contributed by atoms with van der Waals surface area (Å²) >= 11 is 0. The lowest BCUT2D eigenvalue weighted by Crippen LogP contribution is -1.91. The Morgan fingerprint density at radius 3 is 2.75 bits per heavy atom. The lowest BCUT2D eigenvalue weighted by Gasteiger charge is -1.95. The summed E-state index contributed by atoms with van der Waals surface area (Å²) in [5.74, 6) is 5.33. The molecule has 0 aliphatic rings. The van der Waals surface area contributed by atoms with Crippen LogP contribution in [0, 0.1) is 33.3 Å². The van der Waals surface area contributed by atoms with Crippen LogP contribution in [0.25, 0.3) is 0 Å². The average Bonchev–Trinajstić information content (AvgIpc) is 2.29. The van der Waals surface area contributed by atoms with Crippen LogP contribution in [0.2, 0.25) is 0 Å². The molecular weight excluding hydrogens is 208 g/mol. The Kier molecular flexibility index (Phi) is 4.02. The first kappa shape index (κ1) is 11.7. The Balaban J connectivity index is 3.10. The van der Waals surface area contributed by atoms with Crippen molar-refractivity contribution in [3.05, 3.63) is 39.4 Å². The van der Waals surface area contributed by atoms with Crippen LogP contribution in [-0.2, 0) is 0 Å². The molecule has 0 spiro atoms. The van der Waals surface area contributed by atoms with Gasteiger partial charge in [0.1, 0.15) is 6.07 Å². The molecular formula is C11H8N2O3. The zero-order chi connectivity index (χ0) is 12.0. The summed E-state index contributed by atoms with van der Waals surface area (Å²) in [5.41, 5.74) is 0.463. The number of aliphatic hydroxyl groups is 1. The van der Waals surface area contributed by atoms with Crippen LogP contribution in [0.4, 0.5) is 5.69 Å². The minimum atomic E-state index is -0.564. The molecule has 0 heterocycles. The normalized spacial score (nSPS) is 8.75. The first-order valence-electron chi connectivity index (χ1n) is 4.47. The lowest BCUT2D eigenvalue weighted by molar-refractivity contribution is -0.384. The molecule has 1 rings (SSSR count). The number of nitro benzene ring substituents is 1. The second-order valence-electron chi connectivity index (χ2n) is 2.87. The van der Waals surface area contributed by atoms with Crippen molar-refractivity contribution in [3.63, 3.8) is 0 Å². The molecule has 0 aromatic heterocycles. The summed E-state index contributed by atoms with van der Waals surface area (Å²) < 4.78 is 0. The molecule has 0 unspecified atom stereocenters. The van der Waals surface area contributed by atoms with E-state index in [2.05, 4.69) is 11.8 Å². The molecule has 80 valence electrons. The van der Waals surface area contributed by atoms with E-state index >= 15 is 0 Å². The Labute approximate surface area is 92.1 Å². The number of non-ortho nitro benzene ring substituents is 1. The zero-order valence-electron chi connectivity index (χ0n) is 8.30. The molecule has 0 aliphatic carbocycles. The van der Waals surface area contributed by atoms with Gasteiger partial charge >= 0.3 is 0 Å². The van der Waals surface area contributed by atoms with E-state index in [-0.39, 0.29) is 17.9 Å². The first-order chi connectivity index (χ1) is 7.69. The van der Waals surface area contributed by atoms with Gasteiger partial charge in [0.15, 0.2) is 0 Å². The summed E-state index contributed by atoms with van der Waals surface area (Å²) in [5, 5.41) is 27.8. The largest absolute Gasteiger partial charge is 0.395 e. The fourth-order valence-electron chi connectivity index (χ4n) is 1.06. The predicted molar refractivity (Wildman–Crippen MR) is 56.4 cm³/mol. The molecule has 0 aliphatic heterocycles. The number of nitriles is 1. The quantitative estimate of drug-likeness (QED) is 0.457. The Morgan fingerprint density at radius 2 is 2.19 bits per heavy atom. The van der Waals surface area contributed by atoms with Gasteiger partial charge in [-0.3, -0.25) is 10.1 Å². The molecule has 0 radical (unpaired) electrons. The molecule has 5 heteroatoms. The summed E-state index contributed by atoms with van der Waals surface area (Å²) in [6.07, 6.45) is 0.307. The predicted octanol–water partition coefficient (Wildman–Crippen LogP) is 1.20. The summed E-state index contributed by atoms with van der Waals surface area (Å²) in [4.78, 5) is 9.90. The molecule has 5 nitrogen and oxygen atoms in total. The number of nitrogens with zero attached hydrogens (tertiary/aromatic N) is 2. The third-order valence-electron chi connectivity index (χ3n) is 1.79. The Hall–Kier alpha value is -2.37. The highest BCUT2D eigenvalue weighted by Gasteiger charge is 2.08. The summed E-state index contributed by atoms with van der Waals surface area (Å²) in [6.45, 7) is -0.0537. The van der Waals surface area contributed by atoms with Gasteiger partial charge in [-0.05, 0) is 6.07 Å². The molecule has 0 atom stereocenters. The van der Waals surface area contributed by atoms with Crippen LogP contribution in [0.1, 0.15) is 17.5 Å². The van der Waals surface area contributed by atoms with Crippen LogP contribution in [-0.4, -0.2) is 16.6 Å². The highest BCUT2D eigenvalue weighted by atomic mass is 16.6. The maximum absolute atomic E-state index is 10.5. The van der Waals surface area contributed by atoms with Crippen LogP contribution in [0.3, 0.4) is 0 Å². The SMILES string of the molecule is N#Cc1cc([N+](=O)[O-])ccc1C#CCCO. The molecule has 1 N–H and O–H groups in total. The Bertz CT molecular complexity index is 506. The fraction of sp³-hybridized carbons (Fsp3) is 0.182. The van der Waals surface area contributed by atoms with Crippen molar-refractivity contribution in [1.29, 1.82) is 5.26 Å². The van der Waals surface area contributed by atoms with E-state index in [1.54, 1.807) is 0 Å². The van der Waals surface area contributed by atoms with E-state index < -0.39 is 4.92 Å². The van der Waals surface area contributed by atoms with Gasteiger partial charge in [0.05, 0.1) is 17.1 Å². The van der Waals surface area contributed by atoms with Gasteiger partial charge < -0.3 is 5.11 Å². The number of hydrogen-bond donors (Lipinski definition) is 1. The standard InChI is InChI=1S/C11H8N2O3/c12-8-10-7-11(13(15)16)5-4-9(10)3-1-2-6-14/h4-5,7,14H,2,6H2. The molecule has 0 saturated carbocycles. The van der Waals surface area contributed by atoms with E-state index in [1.807, 2.05) is 6.07 Å². The Morgan fingerprint density at radius 1 is 1.44 bits per heavy atom. The van der Waals surface area contributed by atoms with E-state index in [0.29, 0.717) is 12.0 Å². The summed E-state index contributed by atoms with van der Waals surface area (Å²) in [7, 11) is 0. The maximum atomic E-state index is 10.5. The third kappa shape index (κ3) is 2.81. The zero-order valence-corrected chi connectivity index (χ0v) is 8.30. The van der Waals surface area contributed by atoms with Gasteiger partial charge in [0.2, 0.25) is 0 Å². The molecule has 0 bridgehead atoms. The molecule has 1 aromatic rings. The van der Waals surface area contributed by atoms with Crippen molar-refractivity contribution in [1.82, 2.24) is 0 Å². The third-order valence-corrected chi connectivity index (χ3v) is 1.79. The number of aliphatic hydroxyl groups excluding tert-OH is 1. The van der Waals surface area contributed by atoms with Gasteiger partial charge in [0.25, 0.3) is 5.69 Å². The van der Waals surface area contributed by atoms with Gasteiger partial charge in [-0.25, -0.2) is 0 Å². The van der Waals surface area contributed by atoms with Crippen LogP contribution >= 0.6 is 0 Å². The second kappa shape index (κ2) is 5.50. The van der Waals surface area contributed by atoms with E-state index in [1.165, 1.54) is 18.2 Å². The molecule has 0 amide bonds. The van der Waals surface area contributed by atoms with Crippen LogP contribution in [0.5, 0.6) is 0 Å². The van der Waals surface area contributed by atoms with E-state index in [9.17, 15) is 10.1 Å². The highest BCUT2D eigenvalue weighted by Crippen LogP contribution is 2.16. The van der Waals surface area contributed by atoms with Crippen molar-refractivity contribution in [2.24, 2.45) is 0 Å². The first-order valence-corrected chi connectivity index (χ1v) is 4.47. The van der Waals surface area contributed by atoms with Crippen molar-refractivity contribution in [3.8, 4) is 17.9 Å². The van der Waals surface area contributed by atoms with Gasteiger partial charge in [-0.2, -0.15) is 5.26 Å². The number of rotatable bonds is 2. The molecule has 16 heavy (non-hydrogen) atoms. The molecule has 1 aromatic carbocycles. The van der Waals surface area contributed by atoms with Crippen molar-refractivity contribution >= 4 is 5.69 Å². The van der Waals surface area contributed by atoms with Crippen LogP contribution < -0.4 is 0 Å². The van der Waals surface area contributed by atoms with Crippen molar-refractivity contribution in [2.75, 3.05) is 6.61 Å². The number of benzene rings is 1. The van der Waals surface area contributed by atoms with E-state index in [0.717, 1.165) is 0 Å². The minimum Gasteiger partial charge on any atom is -0.395 e. The van der Waals surface area contributed by atoms with Crippen molar-refractivity contribution < 1.29 is 10.0 Å².